The molecule has 2 aromatic rings. The van der Waals surface area contributed by atoms with Crippen LogP contribution in [0.2, 0.25) is 0 Å². The zero-order valence-corrected chi connectivity index (χ0v) is 12.2. The van der Waals surface area contributed by atoms with Crippen LogP contribution in [0.15, 0.2) is 58.0 Å². The number of hydrogen-bond donors (Lipinski definition) is 1. The lowest BCUT2D eigenvalue weighted by atomic mass is 10.0. The molecule has 0 bridgehead atoms. The van der Waals surface area contributed by atoms with Crippen molar-refractivity contribution in [2.24, 2.45) is 10.7 Å². The molecular weight excluding hydrogens is 321 g/mol. The molecule has 3 rings (SSSR count). The van der Waals surface area contributed by atoms with Crippen LogP contribution in [-0.4, -0.2) is 12.5 Å². The topological polar surface area (TPSA) is 41.6 Å². The van der Waals surface area contributed by atoms with E-state index >= 15 is 0 Å². The van der Waals surface area contributed by atoms with Crippen LogP contribution >= 0.6 is 15.9 Å². The van der Waals surface area contributed by atoms with Crippen LogP contribution in [0.3, 0.4) is 0 Å². The summed E-state index contributed by atoms with van der Waals surface area (Å²) in [5.74, 6) is 0.185. The SMILES string of the molecule is NC1=NCC(c2ccccc2F)N1c1ccc(Br)cc1. The first-order chi connectivity index (χ1) is 9.66. The Labute approximate surface area is 125 Å². The average Bonchev–Trinajstić information content (AvgIpc) is 2.82. The van der Waals surface area contributed by atoms with Gasteiger partial charge in [-0.3, -0.25) is 4.99 Å². The minimum absolute atomic E-state index is 0.197. The van der Waals surface area contributed by atoms with E-state index in [1.54, 1.807) is 12.1 Å². The summed E-state index contributed by atoms with van der Waals surface area (Å²) < 4.78 is 15.0. The fourth-order valence-corrected chi connectivity index (χ4v) is 2.66. The van der Waals surface area contributed by atoms with Crippen LogP contribution in [0.1, 0.15) is 11.6 Å². The van der Waals surface area contributed by atoms with E-state index in [1.807, 2.05) is 35.2 Å². The number of nitrogens with two attached hydrogens (primary N) is 1. The summed E-state index contributed by atoms with van der Waals surface area (Å²) in [4.78, 5) is 6.12. The Kier molecular flexibility index (Phi) is 3.44. The van der Waals surface area contributed by atoms with Gasteiger partial charge < -0.3 is 10.6 Å². The molecular formula is C15H13BrFN3. The van der Waals surface area contributed by atoms with Gasteiger partial charge in [0, 0.05) is 15.7 Å². The first kappa shape index (κ1) is 13.1. The van der Waals surface area contributed by atoms with E-state index in [9.17, 15) is 4.39 Å². The van der Waals surface area contributed by atoms with E-state index in [0.717, 1.165) is 10.2 Å². The molecule has 1 atom stereocenters. The molecule has 0 aliphatic carbocycles. The van der Waals surface area contributed by atoms with Gasteiger partial charge in [0.2, 0.25) is 0 Å². The third kappa shape index (κ3) is 2.29. The Morgan fingerprint density at radius 1 is 1.15 bits per heavy atom. The van der Waals surface area contributed by atoms with Crippen LogP contribution in [-0.2, 0) is 0 Å². The minimum atomic E-state index is -0.232. The van der Waals surface area contributed by atoms with Crippen molar-refractivity contribution in [2.75, 3.05) is 11.4 Å². The molecule has 20 heavy (non-hydrogen) atoms. The standard InChI is InChI=1S/C15H13BrFN3/c16-10-5-7-11(8-6-10)20-14(9-19-15(20)18)12-3-1-2-4-13(12)17/h1-8,14H,9H2,(H2,18,19). The lowest BCUT2D eigenvalue weighted by molar-refractivity contribution is 0.589. The van der Waals surface area contributed by atoms with Crippen molar-refractivity contribution in [3.8, 4) is 0 Å². The zero-order chi connectivity index (χ0) is 14.1. The Morgan fingerprint density at radius 3 is 2.55 bits per heavy atom. The fourth-order valence-electron chi connectivity index (χ4n) is 2.39. The first-order valence-electron chi connectivity index (χ1n) is 6.26. The molecule has 2 aromatic carbocycles. The Morgan fingerprint density at radius 2 is 1.85 bits per heavy atom. The molecule has 0 spiro atoms. The van der Waals surface area contributed by atoms with Crippen LogP contribution in [0.25, 0.3) is 0 Å². The van der Waals surface area contributed by atoms with E-state index in [1.165, 1.54) is 6.07 Å². The van der Waals surface area contributed by atoms with E-state index in [2.05, 4.69) is 20.9 Å². The van der Waals surface area contributed by atoms with Crippen molar-refractivity contribution in [3.05, 3.63) is 64.4 Å². The van der Waals surface area contributed by atoms with Crippen molar-refractivity contribution < 1.29 is 4.39 Å². The number of nitrogens with zero attached hydrogens (tertiary/aromatic N) is 2. The maximum atomic E-state index is 14.0. The summed E-state index contributed by atoms with van der Waals surface area (Å²) in [6, 6.07) is 14.3. The van der Waals surface area contributed by atoms with Gasteiger partial charge >= 0.3 is 0 Å². The molecule has 0 saturated carbocycles. The van der Waals surface area contributed by atoms with Gasteiger partial charge in [-0.2, -0.15) is 0 Å². The minimum Gasteiger partial charge on any atom is -0.369 e. The van der Waals surface area contributed by atoms with Crippen LogP contribution in [0, 0.1) is 5.82 Å². The molecule has 0 radical (unpaired) electrons. The van der Waals surface area contributed by atoms with Crippen molar-refractivity contribution >= 4 is 27.6 Å². The zero-order valence-electron chi connectivity index (χ0n) is 10.6. The second-order valence-electron chi connectivity index (χ2n) is 4.58. The smallest absolute Gasteiger partial charge is 0.196 e. The summed E-state index contributed by atoms with van der Waals surface area (Å²) in [6.07, 6.45) is 0. The molecule has 3 nitrogen and oxygen atoms in total. The van der Waals surface area contributed by atoms with E-state index < -0.39 is 0 Å². The highest BCUT2D eigenvalue weighted by atomic mass is 79.9. The highest BCUT2D eigenvalue weighted by Gasteiger charge is 2.30. The Balaban J connectivity index is 2.01. The second-order valence-corrected chi connectivity index (χ2v) is 5.50. The third-order valence-electron chi connectivity index (χ3n) is 3.35. The summed E-state index contributed by atoms with van der Waals surface area (Å²) >= 11 is 3.40. The third-order valence-corrected chi connectivity index (χ3v) is 3.88. The van der Waals surface area contributed by atoms with Crippen LogP contribution in [0.4, 0.5) is 10.1 Å². The average molecular weight is 334 g/mol. The second kappa shape index (κ2) is 5.25. The molecule has 1 heterocycles. The Hall–Kier alpha value is -1.88. The van der Waals surface area contributed by atoms with Gasteiger partial charge in [0.25, 0.3) is 0 Å². The van der Waals surface area contributed by atoms with Crippen molar-refractivity contribution in [1.29, 1.82) is 0 Å². The quantitative estimate of drug-likeness (QED) is 0.914. The Bertz CT molecular complexity index is 654. The number of rotatable bonds is 2. The monoisotopic (exact) mass is 333 g/mol. The van der Waals surface area contributed by atoms with Gasteiger partial charge in [0.15, 0.2) is 5.96 Å². The van der Waals surface area contributed by atoms with Gasteiger partial charge in [-0.05, 0) is 30.3 Å². The highest BCUT2D eigenvalue weighted by molar-refractivity contribution is 9.10. The number of aliphatic imine (C=N–C) groups is 1. The number of halogens is 2. The van der Waals surface area contributed by atoms with Gasteiger partial charge in [-0.1, -0.05) is 34.1 Å². The number of hydrogen-bond acceptors (Lipinski definition) is 3. The van der Waals surface area contributed by atoms with Gasteiger partial charge in [-0.15, -0.1) is 0 Å². The van der Waals surface area contributed by atoms with E-state index in [-0.39, 0.29) is 11.9 Å². The maximum Gasteiger partial charge on any atom is 0.196 e. The van der Waals surface area contributed by atoms with Gasteiger partial charge in [0.1, 0.15) is 5.82 Å². The summed E-state index contributed by atoms with van der Waals surface area (Å²) in [5.41, 5.74) is 7.48. The van der Waals surface area contributed by atoms with Crippen molar-refractivity contribution in [2.45, 2.75) is 6.04 Å². The molecule has 0 aromatic heterocycles. The number of anilines is 1. The molecule has 0 amide bonds. The summed E-state index contributed by atoms with van der Waals surface area (Å²) in [7, 11) is 0. The van der Waals surface area contributed by atoms with Gasteiger partial charge in [0.05, 0.1) is 12.6 Å². The molecule has 102 valence electrons. The molecule has 2 N–H and O–H groups in total. The van der Waals surface area contributed by atoms with E-state index in [0.29, 0.717) is 18.1 Å². The van der Waals surface area contributed by atoms with Crippen molar-refractivity contribution in [1.82, 2.24) is 0 Å². The molecule has 1 aliphatic rings. The molecule has 5 heteroatoms. The summed E-state index contributed by atoms with van der Waals surface area (Å²) in [5, 5.41) is 0. The fraction of sp³-hybridized carbons (Fsp3) is 0.133. The largest absolute Gasteiger partial charge is 0.369 e. The van der Waals surface area contributed by atoms with Crippen LogP contribution < -0.4 is 10.6 Å². The number of benzene rings is 2. The van der Waals surface area contributed by atoms with Crippen molar-refractivity contribution in [3.63, 3.8) is 0 Å². The van der Waals surface area contributed by atoms with E-state index in [4.69, 9.17) is 5.73 Å². The van der Waals surface area contributed by atoms with Gasteiger partial charge in [-0.25, -0.2) is 4.39 Å². The lowest BCUT2D eigenvalue weighted by Gasteiger charge is -2.27. The highest BCUT2D eigenvalue weighted by Crippen LogP contribution is 2.32. The normalized spacial score (nSPS) is 18.2. The molecule has 0 fully saturated rings. The molecule has 1 aliphatic heterocycles. The summed E-state index contributed by atoms with van der Waals surface area (Å²) in [6.45, 7) is 0.461. The number of guanidine groups is 1. The lowest BCUT2D eigenvalue weighted by Crippen LogP contribution is -2.36. The molecule has 1 unspecified atom stereocenters. The molecule has 0 saturated heterocycles. The maximum absolute atomic E-state index is 14.0. The predicted molar refractivity (Wildman–Crippen MR) is 82.3 cm³/mol. The van der Waals surface area contributed by atoms with Crippen LogP contribution in [0.5, 0.6) is 0 Å². The first-order valence-corrected chi connectivity index (χ1v) is 7.05. The predicted octanol–water partition coefficient (Wildman–Crippen LogP) is 3.46.